The van der Waals surface area contributed by atoms with Gasteiger partial charge in [-0.15, -0.1) is 5.92 Å². The van der Waals surface area contributed by atoms with Gasteiger partial charge in [-0.05, 0) is 104 Å². The molecule has 9 rings (SSSR count). The lowest BCUT2D eigenvalue weighted by molar-refractivity contribution is -0.344. The maximum Gasteiger partial charge on any atom is 0.310 e. The molecule has 70 heavy (non-hydrogen) atoms. The molecule has 1 aromatic rings. The minimum Gasteiger partial charge on any atom is -0.481 e. The fraction of sp³-hybridized carbons (Fsp3) is 0.830. The molecule has 13 N–H and O–H groups in total. The lowest BCUT2D eigenvalue weighted by Gasteiger charge is -2.75. The van der Waals surface area contributed by atoms with Crippen LogP contribution in [0.3, 0.4) is 0 Å². The summed E-state index contributed by atoms with van der Waals surface area (Å²) in [4.78, 5) is 35.8. The number of carboxylic acids is 1. The molecule has 1 aromatic heterocycles. The summed E-state index contributed by atoms with van der Waals surface area (Å²) in [6.07, 6.45) is 1.76. The summed E-state index contributed by atoms with van der Waals surface area (Å²) in [5, 5.41) is 105. The van der Waals surface area contributed by atoms with Crippen molar-refractivity contribution in [2.45, 2.75) is 167 Å². The van der Waals surface area contributed by atoms with Crippen molar-refractivity contribution in [2.24, 2.45) is 85.6 Å². The molecule has 4 saturated carbocycles. The van der Waals surface area contributed by atoms with Crippen molar-refractivity contribution in [2.75, 3.05) is 26.4 Å². The summed E-state index contributed by atoms with van der Waals surface area (Å²) >= 11 is 0. The number of imidazole rings is 1. The van der Waals surface area contributed by atoms with Gasteiger partial charge < -0.3 is 71.5 Å². The van der Waals surface area contributed by atoms with Gasteiger partial charge in [-0.25, -0.2) is 4.98 Å². The first-order valence-electron chi connectivity index (χ1n) is 26.1. The van der Waals surface area contributed by atoms with Gasteiger partial charge in [0.15, 0.2) is 6.29 Å². The van der Waals surface area contributed by atoms with E-state index < -0.39 is 136 Å². The minimum absolute atomic E-state index is 0.0404. The van der Waals surface area contributed by atoms with Crippen LogP contribution >= 0.6 is 0 Å². The number of fused-ring (bicyclic) bond motifs is 2. The molecule has 4 bridgehead atoms. The highest BCUT2D eigenvalue weighted by Gasteiger charge is 2.77. The highest BCUT2D eigenvalue weighted by Crippen LogP contribution is 2.80. The molecule has 17 nitrogen and oxygen atoms in total. The number of nitrogens with one attached hydrogen (secondary N) is 2. The number of H-pyrrole nitrogens is 1. The van der Waals surface area contributed by atoms with Crippen LogP contribution in [-0.4, -0.2) is 143 Å². The molecular weight excluding hydrogens is 901 g/mol. The van der Waals surface area contributed by atoms with Crippen LogP contribution < -0.4 is 11.1 Å². The predicted molar refractivity (Wildman–Crippen MR) is 253 cm³/mol. The standard InChI is InChI=1S/C53H80N4O13/c1-6-27-19-52(47(67)68)18-17-48(2,24-59)20-32(52)31-11-12-36-50(4)16-14-35-49(3,25-60)44(70-46-43(65)41(63)34(61)23-69-46)42(64)39(51(35,36)5)29(9-7-8-15-53(27,31)50)38-30(22-58)45(66)57-40(38)28(10-13-37(54)62)33-21-55-26-56-33/h11,21,26-30,32,34-44,46,58-65H,6,8,10,12-20,22-25,54H2,1-5H3,(H,55,56)(H,57,66)(H,67,68)/t27-,28-,29-,30-,32+,34-,35-,36+,37+,38+,39+,40-,41+,42-,43-,44-,46+,48+,49+,50-,51+,52+,53-/m1/s1. The fourth-order valence-electron chi connectivity index (χ4n) is 18.0. The van der Waals surface area contributed by atoms with E-state index in [4.69, 9.17) is 15.2 Å². The Hall–Kier alpha value is -2.99. The van der Waals surface area contributed by atoms with Gasteiger partial charge in [0, 0.05) is 65.5 Å². The van der Waals surface area contributed by atoms with E-state index in [-0.39, 0.29) is 43.3 Å². The number of aromatic nitrogens is 2. The van der Waals surface area contributed by atoms with E-state index in [2.05, 4.69) is 60.9 Å². The van der Waals surface area contributed by atoms with E-state index >= 15 is 0 Å². The summed E-state index contributed by atoms with van der Waals surface area (Å²) in [5.74, 6) is 1.40. The number of hydrogen-bond donors (Lipinski definition) is 12. The zero-order valence-electron chi connectivity index (χ0n) is 41.5. The lowest BCUT2D eigenvalue weighted by Crippen LogP contribution is -2.74. The molecule has 6 aliphatic carbocycles. The third-order valence-electron chi connectivity index (χ3n) is 21.3. The Bertz CT molecular complexity index is 2200. The number of carbonyl (C=O) groups is 2. The average Bonchev–Trinajstić information content (AvgIpc) is 3.98. The number of carbonyl (C=O) groups excluding carboxylic acids is 1. The van der Waals surface area contributed by atoms with Crippen LogP contribution in [0.15, 0.2) is 24.2 Å². The molecular formula is C53H80N4O13. The Morgan fingerprint density at radius 2 is 1.76 bits per heavy atom. The number of aromatic amines is 1. The first kappa shape index (κ1) is 51.9. The first-order valence-corrected chi connectivity index (χ1v) is 26.1. The highest BCUT2D eigenvalue weighted by atomic mass is 16.7. The number of ether oxygens (including phenoxy) is 2. The molecule has 0 unspecified atom stereocenters. The summed E-state index contributed by atoms with van der Waals surface area (Å²) < 4.78 is 12.6. The zero-order valence-corrected chi connectivity index (χ0v) is 41.5. The number of aliphatic hydroxyl groups is 8. The van der Waals surface area contributed by atoms with E-state index in [1.54, 1.807) is 12.5 Å². The summed E-state index contributed by atoms with van der Waals surface area (Å²) in [6.45, 7) is 9.39. The number of aliphatic carboxylic acids is 1. The van der Waals surface area contributed by atoms with Gasteiger partial charge in [-0.2, -0.15) is 0 Å². The maximum atomic E-state index is 14.4. The van der Waals surface area contributed by atoms with Crippen LogP contribution in [0.2, 0.25) is 0 Å². The maximum absolute atomic E-state index is 14.4. The van der Waals surface area contributed by atoms with Crippen LogP contribution in [0.5, 0.6) is 0 Å². The lowest BCUT2D eigenvalue weighted by atomic mass is 9.29. The van der Waals surface area contributed by atoms with Crippen LogP contribution in [0.25, 0.3) is 0 Å². The summed E-state index contributed by atoms with van der Waals surface area (Å²) in [7, 11) is 0. The van der Waals surface area contributed by atoms with Crippen molar-refractivity contribution in [3.05, 3.63) is 29.9 Å². The molecule has 2 aliphatic heterocycles. The Kier molecular flexibility index (Phi) is 13.9. The van der Waals surface area contributed by atoms with Crippen LogP contribution in [0.4, 0.5) is 0 Å². The minimum atomic E-state index is -1.70. The predicted octanol–water partition coefficient (Wildman–Crippen LogP) is 2.16. The molecule has 8 aliphatic rings. The van der Waals surface area contributed by atoms with Gasteiger partial charge in [-0.1, -0.05) is 58.6 Å². The SMILES string of the molecule is CC[C@@H]1C[C@@]2(C(=O)O)CC[C@](C)(CO)C[C@H]2C2=CC[C@@H]3[C@@]4(C)[C@@H]5[C@@H](O)[C@@H](O[C@@H]6OC[C@@H](O)[C@H](O)[C@H]6O)[C@@](C)(CO)[C@H]4CC[C@@]3(C)[C@@]21CCC#C[C@@H]5[C@@H]1[C@@H]([C@H](CC[C@@H](N)O)c2cnc[nH]2)NC(=O)[C@@H]1CO. The second kappa shape index (κ2) is 18.7. The topological polar surface area (TPSA) is 301 Å². The van der Waals surface area contributed by atoms with Gasteiger partial charge in [0.1, 0.15) is 24.5 Å². The normalized spacial score (nSPS) is 49.5. The molecule has 0 radical (unpaired) electrons. The van der Waals surface area contributed by atoms with Gasteiger partial charge in [-0.3, -0.25) is 9.59 Å². The number of amides is 1. The van der Waals surface area contributed by atoms with Crippen LogP contribution in [0, 0.1) is 91.7 Å². The molecule has 3 heterocycles. The van der Waals surface area contributed by atoms with E-state index in [1.807, 2.05) is 6.92 Å². The number of carboxylic acid groups (broad SMARTS) is 1. The van der Waals surface area contributed by atoms with Crippen molar-refractivity contribution in [3.8, 4) is 11.8 Å². The Morgan fingerprint density at radius 1 is 1.00 bits per heavy atom. The van der Waals surface area contributed by atoms with Gasteiger partial charge in [0.25, 0.3) is 0 Å². The van der Waals surface area contributed by atoms with Gasteiger partial charge in [0.05, 0.1) is 49.7 Å². The molecule has 0 aromatic carbocycles. The van der Waals surface area contributed by atoms with E-state index in [1.165, 1.54) is 5.57 Å². The average molecular weight is 981 g/mol. The Morgan fingerprint density at radius 3 is 2.40 bits per heavy atom. The third kappa shape index (κ3) is 7.46. The molecule has 23 atom stereocenters. The van der Waals surface area contributed by atoms with Crippen molar-refractivity contribution in [1.82, 2.24) is 15.3 Å². The van der Waals surface area contributed by atoms with Gasteiger partial charge >= 0.3 is 5.97 Å². The quantitative estimate of drug-likeness (QED) is 0.0584. The smallest absolute Gasteiger partial charge is 0.310 e. The number of hydrogen-bond acceptors (Lipinski definition) is 14. The Labute approximate surface area is 411 Å². The van der Waals surface area contributed by atoms with Crippen molar-refractivity contribution < 1.29 is 65.0 Å². The number of rotatable bonds is 13. The van der Waals surface area contributed by atoms with Gasteiger partial charge in [0.2, 0.25) is 5.91 Å². The van der Waals surface area contributed by atoms with Crippen molar-refractivity contribution >= 4 is 11.9 Å². The second-order valence-electron chi connectivity index (χ2n) is 24.3. The number of nitrogens with zero attached hydrogens (tertiary/aromatic N) is 1. The highest BCUT2D eigenvalue weighted by molar-refractivity contribution is 5.82. The van der Waals surface area contributed by atoms with Crippen LogP contribution in [-0.2, 0) is 19.1 Å². The number of aliphatic hydroxyl groups excluding tert-OH is 8. The molecule has 390 valence electrons. The van der Waals surface area contributed by atoms with Crippen molar-refractivity contribution in [1.29, 1.82) is 0 Å². The monoisotopic (exact) mass is 981 g/mol. The zero-order chi connectivity index (χ0) is 50.5. The first-order chi connectivity index (χ1) is 33.2. The molecule has 1 amide bonds. The molecule has 2 saturated heterocycles. The fourth-order valence-corrected chi connectivity index (χ4v) is 18.0. The second-order valence-corrected chi connectivity index (χ2v) is 24.3. The largest absolute Gasteiger partial charge is 0.481 e. The number of nitrogens with two attached hydrogens (primary N) is 1. The molecule has 17 heteroatoms. The number of allylic oxidation sites excluding steroid dienone is 2. The van der Waals surface area contributed by atoms with E-state index in [9.17, 15) is 55.5 Å². The Balaban J connectivity index is 1.27. The summed E-state index contributed by atoms with van der Waals surface area (Å²) in [5.41, 5.74) is 3.21. The van der Waals surface area contributed by atoms with Crippen molar-refractivity contribution in [3.63, 3.8) is 0 Å². The molecule has 6 fully saturated rings. The molecule has 1 spiro atoms. The summed E-state index contributed by atoms with van der Waals surface area (Å²) in [6, 6.07) is -0.690. The van der Waals surface area contributed by atoms with E-state index in [0.29, 0.717) is 69.9 Å². The van der Waals surface area contributed by atoms with E-state index in [0.717, 1.165) is 6.42 Å². The third-order valence-corrected chi connectivity index (χ3v) is 21.3. The van der Waals surface area contributed by atoms with Crippen LogP contribution in [0.1, 0.15) is 123 Å².